The van der Waals surface area contributed by atoms with Crippen LogP contribution in [0.2, 0.25) is 0 Å². The van der Waals surface area contributed by atoms with Gasteiger partial charge in [0.25, 0.3) is 5.91 Å². The predicted molar refractivity (Wildman–Crippen MR) is 114 cm³/mol. The number of hydrogen-bond donors (Lipinski definition) is 1. The van der Waals surface area contributed by atoms with Crippen molar-refractivity contribution in [1.29, 1.82) is 0 Å². The van der Waals surface area contributed by atoms with Crippen LogP contribution in [0.4, 0.5) is 0 Å². The minimum Gasteiger partial charge on any atom is -0.489 e. The van der Waals surface area contributed by atoms with E-state index in [-0.39, 0.29) is 12.3 Å². The highest BCUT2D eigenvalue weighted by molar-refractivity contribution is 8.26. The lowest BCUT2D eigenvalue weighted by molar-refractivity contribution is -0.137. The smallest absolute Gasteiger partial charge is 0.303 e. The van der Waals surface area contributed by atoms with Crippen LogP contribution in [0, 0.1) is 0 Å². The number of amides is 1. The van der Waals surface area contributed by atoms with Crippen molar-refractivity contribution in [2.45, 2.75) is 19.4 Å². The highest BCUT2D eigenvalue weighted by Crippen LogP contribution is 2.33. The van der Waals surface area contributed by atoms with Crippen molar-refractivity contribution < 1.29 is 19.4 Å². The standard InChI is InChI=1S/C21H19NO4S2/c23-19(24)7-4-12-22-20(25)18(28-21(22)27)13-15-8-10-17(11-9-15)26-14-16-5-2-1-3-6-16/h1-3,5-6,8-11,13H,4,7,12,14H2,(H,23,24)/b18-13+. The van der Waals surface area contributed by atoms with Gasteiger partial charge in [-0.15, -0.1) is 0 Å². The number of benzene rings is 2. The van der Waals surface area contributed by atoms with Crippen LogP contribution in [0.25, 0.3) is 6.08 Å². The molecular weight excluding hydrogens is 394 g/mol. The molecule has 1 aliphatic heterocycles. The SMILES string of the molecule is O=C(O)CCCN1C(=O)/C(=C\c2ccc(OCc3ccccc3)cc2)SC1=S. The van der Waals surface area contributed by atoms with Gasteiger partial charge in [-0.1, -0.05) is 66.4 Å². The van der Waals surface area contributed by atoms with Crippen LogP contribution in [0.1, 0.15) is 24.0 Å². The molecule has 1 saturated heterocycles. The molecular formula is C21H19NO4S2. The normalized spacial score (nSPS) is 15.3. The maximum absolute atomic E-state index is 12.5. The lowest BCUT2D eigenvalue weighted by Gasteiger charge is -2.13. The molecule has 0 aromatic heterocycles. The second-order valence-corrected chi connectivity index (χ2v) is 7.85. The number of rotatable bonds is 8. The average Bonchev–Trinajstić information content (AvgIpc) is 2.95. The number of carboxylic acid groups (broad SMARTS) is 1. The van der Waals surface area contributed by atoms with Crippen molar-refractivity contribution in [3.8, 4) is 5.75 Å². The molecule has 1 amide bonds. The number of ether oxygens (including phenoxy) is 1. The van der Waals surface area contributed by atoms with Gasteiger partial charge in [-0.25, -0.2) is 0 Å². The lowest BCUT2D eigenvalue weighted by Crippen LogP contribution is -2.29. The van der Waals surface area contributed by atoms with Gasteiger partial charge in [-0.2, -0.15) is 0 Å². The molecule has 7 heteroatoms. The van der Waals surface area contributed by atoms with E-state index < -0.39 is 5.97 Å². The Balaban J connectivity index is 1.59. The Morgan fingerprint density at radius 2 is 1.86 bits per heavy atom. The highest BCUT2D eigenvalue weighted by Gasteiger charge is 2.31. The first-order chi connectivity index (χ1) is 13.5. The third-order valence-corrected chi connectivity index (χ3v) is 5.45. The van der Waals surface area contributed by atoms with E-state index in [2.05, 4.69) is 0 Å². The maximum atomic E-state index is 12.5. The highest BCUT2D eigenvalue weighted by atomic mass is 32.2. The van der Waals surface area contributed by atoms with Crippen molar-refractivity contribution in [3.63, 3.8) is 0 Å². The molecule has 1 heterocycles. The predicted octanol–water partition coefficient (Wildman–Crippen LogP) is 4.33. The Labute approximate surface area is 173 Å². The van der Waals surface area contributed by atoms with E-state index in [0.29, 0.717) is 28.8 Å². The number of carbonyl (C=O) groups is 2. The van der Waals surface area contributed by atoms with E-state index in [1.807, 2.05) is 54.6 Å². The summed E-state index contributed by atoms with van der Waals surface area (Å²) < 4.78 is 6.23. The molecule has 5 nitrogen and oxygen atoms in total. The first-order valence-corrected chi connectivity index (χ1v) is 9.99. The van der Waals surface area contributed by atoms with Crippen LogP contribution >= 0.6 is 24.0 Å². The summed E-state index contributed by atoms with van der Waals surface area (Å²) in [6.07, 6.45) is 2.18. The summed E-state index contributed by atoms with van der Waals surface area (Å²) in [6, 6.07) is 17.4. The molecule has 3 rings (SSSR count). The fourth-order valence-corrected chi connectivity index (χ4v) is 3.94. The van der Waals surface area contributed by atoms with E-state index in [4.69, 9.17) is 22.1 Å². The lowest BCUT2D eigenvalue weighted by atomic mass is 10.2. The first-order valence-electron chi connectivity index (χ1n) is 8.77. The van der Waals surface area contributed by atoms with Crippen molar-refractivity contribution in [3.05, 3.63) is 70.6 Å². The molecule has 2 aromatic rings. The Morgan fingerprint density at radius 3 is 2.54 bits per heavy atom. The van der Waals surface area contributed by atoms with Gasteiger partial charge in [0.05, 0.1) is 4.91 Å². The summed E-state index contributed by atoms with van der Waals surface area (Å²) in [5.41, 5.74) is 1.97. The van der Waals surface area contributed by atoms with Gasteiger partial charge in [0.1, 0.15) is 16.7 Å². The number of nitrogens with zero attached hydrogens (tertiary/aromatic N) is 1. The van der Waals surface area contributed by atoms with Crippen molar-refractivity contribution in [1.82, 2.24) is 4.90 Å². The molecule has 0 radical (unpaired) electrons. The summed E-state index contributed by atoms with van der Waals surface area (Å²) in [5, 5.41) is 8.73. The Morgan fingerprint density at radius 1 is 1.14 bits per heavy atom. The van der Waals surface area contributed by atoms with Gasteiger partial charge in [-0.3, -0.25) is 14.5 Å². The molecule has 0 unspecified atom stereocenters. The number of carbonyl (C=O) groups excluding carboxylic acids is 1. The molecule has 28 heavy (non-hydrogen) atoms. The van der Waals surface area contributed by atoms with Gasteiger partial charge in [0, 0.05) is 13.0 Å². The van der Waals surface area contributed by atoms with Gasteiger partial charge < -0.3 is 9.84 Å². The van der Waals surface area contributed by atoms with E-state index in [1.54, 1.807) is 6.08 Å². The molecule has 1 N–H and O–H groups in total. The monoisotopic (exact) mass is 413 g/mol. The molecule has 0 atom stereocenters. The second kappa shape index (κ2) is 9.52. The Hall–Kier alpha value is -2.64. The van der Waals surface area contributed by atoms with Gasteiger partial charge in [0.15, 0.2) is 0 Å². The molecule has 1 aliphatic rings. The number of hydrogen-bond acceptors (Lipinski definition) is 5. The van der Waals surface area contributed by atoms with Crippen molar-refractivity contribution >= 4 is 46.3 Å². The second-order valence-electron chi connectivity index (χ2n) is 6.17. The minimum atomic E-state index is -0.879. The molecule has 0 aliphatic carbocycles. The topological polar surface area (TPSA) is 66.8 Å². The number of carboxylic acids is 1. The molecule has 0 bridgehead atoms. The Bertz CT molecular complexity index is 894. The fourth-order valence-electron chi connectivity index (χ4n) is 2.63. The fraction of sp³-hybridized carbons (Fsp3) is 0.190. The summed E-state index contributed by atoms with van der Waals surface area (Å²) in [6.45, 7) is 0.815. The van der Waals surface area contributed by atoms with Crippen LogP contribution in [0.5, 0.6) is 5.75 Å². The van der Waals surface area contributed by atoms with Gasteiger partial charge in [-0.05, 0) is 35.8 Å². The third kappa shape index (κ3) is 5.43. The zero-order valence-corrected chi connectivity index (χ0v) is 16.7. The first kappa shape index (κ1) is 20.1. The van der Waals surface area contributed by atoms with Crippen molar-refractivity contribution in [2.24, 2.45) is 0 Å². The molecule has 0 spiro atoms. The summed E-state index contributed by atoms with van der Waals surface area (Å²) >= 11 is 6.49. The largest absolute Gasteiger partial charge is 0.489 e. The summed E-state index contributed by atoms with van der Waals surface area (Å²) in [5.74, 6) is -0.303. The number of thioether (sulfide) groups is 1. The number of thiocarbonyl (C=S) groups is 1. The Kier molecular flexibility index (Phi) is 6.84. The minimum absolute atomic E-state index is 0.0144. The van der Waals surface area contributed by atoms with Crippen molar-refractivity contribution in [2.75, 3.05) is 6.54 Å². The quantitative estimate of drug-likeness (QED) is 0.513. The van der Waals surface area contributed by atoms with E-state index in [1.165, 1.54) is 16.7 Å². The van der Waals surface area contributed by atoms with Crippen LogP contribution in [0.3, 0.4) is 0 Å². The zero-order chi connectivity index (χ0) is 19.9. The van der Waals surface area contributed by atoms with E-state index >= 15 is 0 Å². The molecule has 0 saturated carbocycles. The third-order valence-electron chi connectivity index (χ3n) is 4.07. The average molecular weight is 414 g/mol. The van der Waals surface area contributed by atoms with Crippen LogP contribution in [-0.4, -0.2) is 32.7 Å². The number of aliphatic carboxylic acids is 1. The summed E-state index contributed by atoms with van der Waals surface area (Å²) in [7, 11) is 0. The maximum Gasteiger partial charge on any atom is 0.303 e. The van der Waals surface area contributed by atoms with Gasteiger partial charge >= 0.3 is 5.97 Å². The molecule has 1 fully saturated rings. The van der Waals surface area contributed by atoms with Crippen LogP contribution in [0.15, 0.2) is 59.5 Å². The molecule has 144 valence electrons. The van der Waals surface area contributed by atoms with E-state index in [9.17, 15) is 9.59 Å². The van der Waals surface area contributed by atoms with Gasteiger partial charge in [0.2, 0.25) is 0 Å². The molecule has 2 aromatic carbocycles. The van der Waals surface area contributed by atoms with E-state index in [0.717, 1.165) is 16.9 Å². The van der Waals surface area contributed by atoms with Crippen LogP contribution < -0.4 is 4.74 Å². The van der Waals surface area contributed by atoms with Crippen LogP contribution in [-0.2, 0) is 16.2 Å². The zero-order valence-electron chi connectivity index (χ0n) is 15.0. The summed E-state index contributed by atoms with van der Waals surface area (Å²) in [4.78, 5) is 25.1.